The Morgan fingerprint density at radius 3 is 2.32 bits per heavy atom. The van der Waals surface area contributed by atoms with Crippen LogP contribution in [0.25, 0.3) is 11.1 Å². The third-order valence-corrected chi connectivity index (χ3v) is 3.29. The molecule has 0 heterocycles. The standard InChI is InChI=1S/C16H15.2CH3.Hf/c1-12-10-14-8-5-9-15(16(14)11-12)13-6-3-2-4-7-13;;;/h2-10,12H,11H2,1H3;2*1H3;/q3*-1;. The van der Waals surface area contributed by atoms with E-state index in [1.165, 1.54) is 28.7 Å². The van der Waals surface area contributed by atoms with Gasteiger partial charge in [0.25, 0.3) is 0 Å². The molecule has 1 unspecified atom stereocenters. The SMILES string of the molecule is CC1[CH-]c2cccc(-c3ccccc3)c2C1.[CH3-].[CH3-].[Hf]. The third kappa shape index (κ3) is 3.60. The van der Waals surface area contributed by atoms with E-state index in [0.29, 0.717) is 5.92 Å². The molecule has 2 aromatic rings. The molecule has 0 bridgehead atoms. The number of fused-ring (bicyclic) bond motifs is 1. The van der Waals surface area contributed by atoms with Crippen LogP contribution in [0.4, 0.5) is 0 Å². The number of benzene rings is 2. The zero-order valence-corrected chi connectivity index (χ0v) is 15.6. The molecule has 0 N–H and O–H groups in total. The van der Waals surface area contributed by atoms with Crippen molar-refractivity contribution in [1.29, 1.82) is 0 Å². The van der Waals surface area contributed by atoms with Crippen LogP contribution in [-0.2, 0) is 32.3 Å². The van der Waals surface area contributed by atoms with Crippen molar-refractivity contribution in [1.82, 2.24) is 0 Å². The van der Waals surface area contributed by atoms with Crippen LogP contribution < -0.4 is 0 Å². The van der Waals surface area contributed by atoms with E-state index in [2.05, 4.69) is 61.9 Å². The summed E-state index contributed by atoms with van der Waals surface area (Å²) in [7, 11) is 0. The molecular weight excluding hydrogens is 395 g/mol. The smallest absolute Gasteiger partial charge is 0 e. The van der Waals surface area contributed by atoms with E-state index in [-0.39, 0.29) is 40.7 Å². The number of hydrogen-bond acceptors (Lipinski definition) is 0. The Bertz CT molecular complexity index is 502. The summed E-state index contributed by atoms with van der Waals surface area (Å²) in [6.07, 6.45) is 3.56. The molecule has 0 nitrogen and oxygen atoms in total. The van der Waals surface area contributed by atoms with Crippen LogP contribution in [0.3, 0.4) is 0 Å². The minimum Gasteiger partial charge on any atom is -0.358 e. The molecule has 3 rings (SSSR count). The van der Waals surface area contributed by atoms with Crippen molar-refractivity contribution in [3.8, 4) is 11.1 Å². The summed E-state index contributed by atoms with van der Waals surface area (Å²) in [5.41, 5.74) is 5.68. The Labute approximate surface area is 137 Å². The van der Waals surface area contributed by atoms with Gasteiger partial charge in [-0.2, -0.15) is 18.1 Å². The average Bonchev–Trinajstić information content (AvgIpc) is 2.70. The molecule has 0 saturated heterocycles. The molecule has 0 aliphatic heterocycles. The molecular formula is C18H21Hf-3. The Morgan fingerprint density at radius 2 is 1.63 bits per heavy atom. The van der Waals surface area contributed by atoms with Gasteiger partial charge in [0.1, 0.15) is 0 Å². The molecule has 0 aromatic heterocycles. The molecule has 1 atom stereocenters. The van der Waals surface area contributed by atoms with E-state index in [9.17, 15) is 0 Å². The van der Waals surface area contributed by atoms with E-state index in [1.54, 1.807) is 0 Å². The van der Waals surface area contributed by atoms with Gasteiger partial charge in [0, 0.05) is 25.8 Å². The van der Waals surface area contributed by atoms with E-state index in [0.717, 1.165) is 0 Å². The predicted molar refractivity (Wildman–Crippen MR) is 81.0 cm³/mol. The van der Waals surface area contributed by atoms with Crippen LogP contribution in [-0.4, -0.2) is 0 Å². The second-order valence-corrected chi connectivity index (χ2v) is 4.59. The average molecular weight is 416 g/mol. The van der Waals surface area contributed by atoms with Gasteiger partial charge in [0.2, 0.25) is 0 Å². The van der Waals surface area contributed by atoms with Crippen LogP contribution in [0.2, 0.25) is 0 Å². The van der Waals surface area contributed by atoms with Gasteiger partial charge in [-0.15, -0.1) is 11.6 Å². The van der Waals surface area contributed by atoms with Gasteiger partial charge in [-0.1, -0.05) is 61.2 Å². The second-order valence-electron chi connectivity index (χ2n) is 4.59. The summed E-state index contributed by atoms with van der Waals surface area (Å²) in [6.45, 7) is 2.29. The van der Waals surface area contributed by atoms with E-state index in [4.69, 9.17) is 0 Å². The maximum Gasteiger partial charge on any atom is 0 e. The maximum atomic E-state index is 2.38. The summed E-state index contributed by atoms with van der Waals surface area (Å²) in [5, 5.41) is 0. The van der Waals surface area contributed by atoms with Gasteiger partial charge in [-0.3, -0.25) is 0 Å². The Hall–Kier alpha value is -0.820. The first-order valence-electron chi connectivity index (χ1n) is 5.87. The van der Waals surface area contributed by atoms with Gasteiger partial charge in [0.15, 0.2) is 0 Å². The second kappa shape index (κ2) is 7.69. The van der Waals surface area contributed by atoms with E-state index < -0.39 is 0 Å². The van der Waals surface area contributed by atoms with E-state index in [1.807, 2.05) is 0 Å². The van der Waals surface area contributed by atoms with Crippen molar-refractivity contribution in [3.05, 3.63) is 80.9 Å². The first kappa shape index (κ1) is 18.2. The summed E-state index contributed by atoms with van der Waals surface area (Å²) < 4.78 is 0. The molecule has 1 aliphatic carbocycles. The molecule has 1 heteroatoms. The summed E-state index contributed by atoms with van der Waals surface area (Å²) in [4.78, 5) is 0. The number of hydrogen-bond donors (Lipinski definition) is 0. The Morgan fingerprint density at radius 1 is 0.947 bits per heavy atom. The molecule has 0 radical (unpaired) electrons. The maximum absolute atomic E-state index is 2.38. The first-order valence-corrected chi connectivity index (χ1v) is 5.87. The van der Waals surface area contributed by atoms with Gasteiger partial charge < -0.3 is 14.9 Å². The zero-order valence-electron chi connectivity index (χ0n) is 12.0. The molecule has 1 aliphatic rings. The van der Waals surface area contributed by atoms with Gasteiger partial charge >= 0.3 is 0 Å². The van der Waals surface area contributed by atoms with Crippen LogP contribution in [0.1, 0.15) is 18.1 Å². The fourth-order valence-electron chi connectivity index (χ4n) is 2.56. The van der Waals surface area contributed by atoms with Crippen LogP contribution >= 0.6 is 0 Å². The van der Waals surface area contributed by atoms with Crippen LogP contribution in [0.15, 0.2) is 48.5 Å². The number of rotatable bonds is 1. The van der Waals surface area contributed by atoms with Gasteiger partial charge in [-0.25, -0.2) is 0 Å². The summed E-state index contributed by atoms with van der Waals surface area (Å²) in [5.74, 6) is 0.680. The molecule has 0 amide bonds. The van der Waals surface area contributed by atoms with Crippen molar-refractivity contribution < 1.29 is 25.8 Å². The van der Waals surface area contributed by atoms with Crippen molar-refractivity contribution in [2.24, 2.45) is 5.92 Å². The van der Waals surface area contributed by atoms with Crippen molar-refractivity contribution in [2.45, 2.75) is 13.3 Å². The molecule has 0 fully saturated rings. The Kier molecular flexibility index (Phi) is 7.36. The van der Waals surface area contributed by atoms with E-state index >= 15 is 0 Å². The molecule has 2 aromatic carbocycles. The van der Waals surface area contributed by atoms with Gasteiger partial charge in [-0.05, 0) is 5.56 Å². The Balaban J connectivity index is 0.00000108. The first-order chi connectivity index (χ1) is 7.84. The molecule has 19 heavy (non-hydrogen) atoms. The van der Waals surface area contributed by atoms with Crippen LogP contribution in [0.5, 0.6) is 0 Å². The topological polar surface area (TPSA) is 0 Å². The normalized spacial score (nSPS) is 15.1. The summed E-state index contributed by atoms with van der Waals surface area (Å²) in [6, 6.07) is 17.3. The van der Waals surface area contributed by atoms with Crippen molar-refractivity contribution >= 4 is 0 Å². The predicted octanol–water partition coefficient (Wildman–Crippen LogP) is 5.00. The third-order valence-electron chi connectivity index (χ3n) is 3.29. The quantitative estimate of drug-likeness (QED) is 0.454. The minimum atomic E-state index is 0. The molecule has 100 valence electrons. The largest absolute Gasteiger partial charge is 0.358 e. The van der Waals surface area contributed by atoms with Crippen molar-refractivity contribution in [3.63, 3.8) is 0 Å². The fraction of sp³-hybridized carbons (Fsp3) is 0.167. The van der Waals surface area contributed by atoms with Gasteiger partial charge in [0.05, 0.1) is 0 Å². The zero-order chi connectivity index (χ0) is 11.0. The monoisotopic (exact) mass is 417 g/mol. The van der Waals surface area contributed by atoms with Crippen molar-refractivity contribution in [2.75, 3.05) is 0 Å². The summed E-state index contributed by atoms with van der Waals surface area (Å²) >= 11 is 0. The molecule has 0 spiro atoms. The molecule has 0 saturated carbocycles. The van der Waals surface area contributed by atoms with Crippen LogP contribution in [0, 0.1) is 27.2 Å². The fourth-order valence-corrected chi connectivity index (χ4v) is 2.56. The minimum absolute atomic E-state index is 0.